The smallest absolute Gasteiger partial charge is 0.328 e. The fraction of sp³-hybridized carbons (Fsp3) is 0.286. The lowest BCUT2D eigenvalue weighted by atomic mass is 10.0. The van der Waals surface area contributed by atoms with E-state index in [0.29, 0.717) is 12.3 Å². The van der Waals surface area contributed by atoms with Gasteiger partial charge in [-0.2, -0.15) is 0 Å². The molecule has 9 nitrogen and oxygen atoms in total. The van der Waals surface area contributed by atoms with Gasteiger partial charge in [0.1, 0.15) is 23.2 Å². The van der Waals surface area contributed by atoms with E-state index in [2.05, 4.69) is 20.6 Å². The quantitative estimate of drug-likeness (QED) is 0.381. The standard InChI is InChI=1S/C21H22N4O5/c1-3-9-22-16-17(19(27)18(16)26)25-15(20(28)29-2)12-13-5-7-14(8-6-13)30-21-23-10-4-11-24-21/h4-8,10-11,15,22,25H,3,9,12H2,1-2H3. The summed E-state index contributed by atoms with van der Waals surface area (Å²) < 4.78 is 10.4. The largest absolute Gasteiger partial charge is 0.467 e. The van der Waals surface area contributed by atoms with E-state index in [4.69, 9.17) is 9.47 Å². The van der Waals surface area contributed by atoms with Gasteiger partial charge in [0.25, 0.3) is 10.9 Å². The van der Waals surface area contributed by atoms with E-state index in [9.17, 15) is 14.4 Å². The van der Waals surface area contributed by atoms with Crippen LogP contribution in [0.25, 0.3) is 0 Å². The molecule has 0 amide bonds. The number of nitrogens with zero attached hydrogens (tertiary/aromatic N) is 2. The van der Waals surface area contributed by atoms with Crippen LogP contribution in [0, 0.1) is 0 Å². The Labute approximate surface area is 172 Å². The van der Waals surface area contributed by atoms with Crippen molar-refractivity contribution in [3.8, 4) is 11.8 Å². The number of methoxy groups -OCH3 is 1. The van der Waals surface area contributed by atoms with E-state index >= 15 is 0 Å². The summed E-state index contributed by atoms with van der Waals surface area (Å²) in [7, 11) is 1.27. The van der Waals surface area contributed by atoms with Crippen LogP contribution in [-0.4, -0.2) is 35.6 Å². The molecule has 0 fully saturated rings. The topological polar surface area (TPSA) is 120 Å². The number of carbonyl (C=O) groups is 1. The van der Waals surface area contributed by atoms with Crippen molar-refractivity contribution in [2.75, 3.05) is 24.3 Å². The molecule has 1 heterocycles. The number of hydrogen-bond donors (Lipinski definition) is 2. The van der Waals surface area contributed by atoms with Crippen molar-refractivity contribution in [1.29, 1.82) is 0 Å². The number of aromatic nitrogens is 2. The summed E-state index contributed by atoms with van der Waals surface area (Å²) >= 11 is 0. The van der Waals surface area contributed by atoms with Crippen LogP contribution in [0.3, 0.4) is 0 Å². The zero-order valence-electron chi connectivity index (χ0n) is 16.7. The van der Waals surface area contributed by atoms with E-state index in [0.717, 1.165) is 12.0 Å². The molecule has 0 saturated carbocycles. The number of hydrogen-bond acceptors (Lipinski definition) is 9. The van der Waals surface area contributed by atoms with Crippen LogP contribution in [-0.2, 0) is 16.0 Å². The van der Waals surface area contributed by atoms with Gasteiger partial charge < -0.3 is 20.1 Å². The average Bonchev–Trinajstić information content (AvgIpc) is 2.78. The minimum Gasteiger partial charge on any atom is -0.467 e. The molecule has 1 aromatic heterocycles. The average molecular weight is 410 g/mol. The Hall–Kier alpha value is -3.75. The van der Waals surface area contributed by atoms with Gasteiger partial charge in [0.05, 0.1) is 7.11 Å². The Morgan fingerprint density at radius 1 is 1.07 bits per heavy atom. The summed E-state index contributed by atoms with van der Waals surface area (Å²) in [5, 5.41) is 5.79. The number of nitrogens with one attached hydrogen (secondary N) is 2. The highest BCUT2D eigenvalue weighted by atomic mass is 16.5. The van der Waals surface area contributed by atoms with Gasteiger partial charge in [0, 0.05) is 25.4 Å². The third kappa shape index (κ3) is 4.80. The van der Waals surface area contributed by atoms with E-state index in [1.165, 1.54) is 7.11 Å². The molecule has 1 unspecified atom stereocenters. The third-order valence-electron chi connectivity index (χ3n) is 4.38. The first-order valence-corrected chi connectivity index (χ1v) is 9.48. The zero-order chi connectivity index (χ0) is 21.5. The molecular weight excluding hydrogens is 388 g/mol. The summed E-state index contributed by atoms with van der Waals surface area (Å²) in [6, 6.07) is 8.12. The summed E-state index contributed by atoms with van der Waals surface area (Å²) in [4.78, 5) is 44.0. The Balaban J connectivity index is 1.71. The molecule has 0 aliphatic carbocycles. The van der Waals surface area contributed by atoms with Gasteiger partial charge in [0.2, 0.25) is 0 Å². The van der Waals surface area contributed by atoms with Crippen molar-refractivity contribution >= 4 is 17.3 Å². The summed E-state index contributed by atoms with van der Waals surface area (Å²) in [5.74, 6) is 0.00329. The molecule has 0 aliphatic rings. The van der Waals surface area contributed by atoms with Crippen molar-refractivity contribution in [1.82, 2.24) is 9.97 Å². The van der Waals surface area contributed by atoms with Gasteiger partial charge >= 0.3 is 12.0 Å². The van der Waals surface area contributed by atoms with Gasteiger partial charge in [-0.25, -0.2) is 14.8 Å². The minimum atomic E-state index is -0.829. The van der Waals surface area contributed by atoms with Crippen molar-refractivity contribution in [3.63, 3.8) is 0 Å². The van der Waals surface area contributed by atoms with Crippen LogP contribution in [0.1, 0.15) is 18.9 Å². The van der Waals surface area contributed by atoms with Crippen LogP contribution >= 0.6 is 0 Å². The first-order chi connectivity index (χ1) is 14.5. The van der Waals surface area contributed by atoms with E-state index in [1.54, 1.807) is 42.7 Å². The third-order valence-corrected chi connectivity index (χ3v) is 4.38. The molecule has 0 bridgehead atoms. The number of anilines is 2. The first kappa shape index (κ1) is 21.0. The predicted octanol–water partition coefficient (Wildman–Crippen LogP) is 1.88. The summed E-state index contributed by atoms with van der Waals surface area (Å²) in [6.07, 6.45) is 4.20. The highest BCUT2D eigenvalue weighted by Gasteiger charge is 2.27. The highest BCUT2D eigenvalue weighted by Crippen LogP contribution is 2.21. The Kier molecular flexibility index (Phi) is 6.74. The van der Waals surface area contributed by atoms with Crippen LogP contribution in [0.4, 0.5) is 11.4 Å². The maximum atomic E-state index is 12.2. The molecule has 9 heteroatoms. The SMILES string of the molecule is CCCNc1c(NC(Cc2ccc(Oc3ncccn3)cc2)C(=O)OC)c(=O)c1=O. The van der Waals surface area contributed by atoms with Gasteiger partial charge in [-0.1, -0.05) is 19.1 Å². The highest BCUT2D eigenvalue weighted by molar-refractivity contribution is 5.83. The van der Waals surface area contributed by atoms with E-state index in [1.807, 2.05) is 6.92 Å². The zero-order valence-corrected chi connectivity index (χ0v) is 16.7. The van der Waals surface area contributed by atoms with Crippen LogP contribution in [0.15, 0.2) is 52.3 Å². The second-order valence-electron chi connectivity index (χ2n) is 6.54. The fourth-order valence-electron chi connectivity index (χ4n) is 2.83. The second kappa shape index (κ2) is 9.64. The molecule has 156 valence electrons. The molecule has 0 saturated heterocycles. The minimum absolute atomic E-state index is 0.116. The first-order valence-electron chi connectivity index (χ1n) is 9.48. The van der Waals surface area contributed by atoms with Crippen LogP contribution in [0.2, 0.25) is 0 Å². The fourth-order valence-corrected chi connectivity index (χ4v) is 2.83. The van der Waals surface area contributed by atoms with Crippen LogP contribution < -0.4 is 26.2 Å². The summed E-state index contributed by atoms with van der Waals surface area (Å²) in [5.41, 5.74) is -0.0956. The predicted molar refractivity (Wildman–Crippen MR) is 112 cm³/mol. The molecule has 0 aliphatic heterocycles. The van der Waals surface area contributed by atoms with Crippen molar-refractivity contribution in [3.05, 3.63) is 68.7 Å². The number of rotatable bonds is 10. The van der Waals surface area contributed by atoms with Gasteiger partial charge in [0.15, 0.2) is 0 Å². The maximum Gasteiger partial charge on any atom is 0.328 e. The Morgan fingerprint density at radius 3 is 2.37 bits per heavy atom. The monoisotopic (exact) mass is 410 g/mol. The number of esters is 1. The number of carbonyl (C=O) groups excluding carboxylic acids is 1. The molecule has 1 atom stereocenters. The number of benzene rings is 1. The van der Waals surface area contributed by atoms with Crippen LogP contribution in [0.5, 0.6) is 11.8 Å². The molecule has 3 aromatic rings. The molecular formula is C21H22N4O5. The Bertz CT molecular complexity index is 1060. The van der Waals surface area contributed by atoms with Gasteiger partial charge in [-0.15, -0.1) is 0 Å². The lowest BCUT2D eigenvalue weighted by molar-refractivity contribution is -0.141. The molecule has 30 heavy (non-hydrogen) atoms. The molecule has 0 radical (unpaired) electrons. The van der Waals surface area contributed by atoms with Crippen molar-refractivity contribution in [2.45, 2.75) is 25.8 Å². The summed E-state index contributed by atoms with van der Waals surface area (Å²) in [6.45, 7) is 2.50. The second-order valence-corrected chi connectivity index (χ2v) is 6.54. The number of ether oxygens (including phenoxy) is 2. The van der Waals surface area contributed by atoms with E-state index in [-0.39, 0.29) is 23.8 Å². The lowest BCUT2D eigenvalue weighted by Crippen LogP contribution is -2.42. The van der Waals surface area contributed by atoms with E-state index < -0.39 is 22.9 Å². The molecule has 2 N–H and O–H groups in total. The Morgan fingerprint density at radius 2 is 1.73 bits per heavy atom. The molecule has 2 aromatic carbocycles. The van der Waals surface area contributed by atoms with Gasteiger partial charge in [-0.05, 0) is 30.2 Å². The molecule has 0 spiro atoms. The lowest BCUT2D eigenvalue weighted by Gasteiger charge is -2.21. The van der Waals surface area contributed by atoms with Gasteiger partial charge in [-0.3, -0.25) is 9.59 Å². The van der Waals surface area contributed by atoms with Crippen molar-refractivity contribution in [2.24, 2.45) is 0 Å². The maximum absolute atomic E-state index is 12.2. The normalized spacial score (nSPS) is 11.7. The van der Waals surface area contributed by atoms with Crippen molar-refractivity contribution < 1.29 is 14.3 Å². The molecule has 3 rings (SSSR count).